The summed E-state index contributed by atoms with van der Waals surface area (Å²) >= 11 is 0. The van der Waals surface area contributed by atoms with Gasteiger partial charge >= 0.3 is 0 Å². The molecule has 6 nitrogen and oxygen atoms in total. The van der Waals surface area contributed by atoms with Crippen molar-refractivity contribution >= 4 is 16.0 Å². The van der Waals surface area contributed by atoms with Crippen LogP contribution in [0.2, 0.25) is 0 Å². The van der Waals surface area contributed by atoms with Gasteiger partial charge in [0, 0.05) is 6.42 Å². The fraction of sp³-hybridized carbons (Fsp3) is 0.531. The van der Waals surface area contributed by atoms with Crippen LogP contribution in [-0.2, 0) is 14.9 Å². The smallest absolute Gasteiger partial charge is 0.267 e. The van der Waals surface area contributed by atoms with Gasteiger partial charge in [-0.1, -0.05) is 105 Å². The fourth-order valence-corrected chi connectivity index (χ4v) is 4.18. The largest absolute Gasteiger partial charge is 0.387 e. The van der Waals surface area contributed by atoms with Crippen LogP contribution >= 0.6 is 0 Å². The van der Waals surface area contributed by atoms with Crippen molar-refractivity contribution in [2.75, 3.05) is 5.75 Å². The molecular weight excluding hydrogens is 510 g/mol. The van der Waals surface area contributed by atoms with Crippen molar-refractivity contribution in [2.24, 2.45) is 0 Å². The molecule has 0 aliphatic rings. The van der Waals surface area contributed by atoms with Gasteiger partial charge in [-0.2, -0.15) is 8.42 Å². The third-order valence-corrected chi connectivity index (χ3v) is 6.32. The molecule has 0 aromatic carbocycles. The predicted octanol–water partition coefficient (Wildman–Crippen LogP) is 7.33. The molecule has 2 unspecified atom stereocenters. The molecule has 0 aromatic rings. The summed E-state index contributed by atoms with van der Waals surface area (Å²) < 4.78 is 32.0. The Morgan fingerprint density at radius 1 is 0.718 bits per heavy atom. The van der Waals surface area contributed by atoms with Gasteiger partial charge in [-0.3, -0.25) is 9.35 Å². The van der Waals surface area contributed by atoms with E-state index in [1.807, 2.05) is 6.08 Å². The number of allylic oxidation sites excluding steroid dienone is 13. The highest BCUT2D eigenvalue weighted by molar-refractivity contribution is 7.85. The van der Waals surface area contributed by atoms with Gasteiger partial charge in [0.1, 0.15) is 0 Å². The van der Waals surface area contributed by atoms with Crippen molar-refractivity contribution in [3.05, 3.63) is 85.1 Å². The van der Waals surface area contributed by atoms with Crippen LogP contribution in [0.1, 0.15) is 90.9 Å². The number of aliphatic hydroxyl groups is 1. The van der Waals surface area contributed by atoms with Crippen molar-refractivity contribution < 1.29 is 22.9 Å². The molecule has 0 aliphatic heterocycles. The van der Waals surface area contributed by atoms with Crippen LogP contribution in [0, 0.1) is 0 Å². The number of nitrogens with one attached hydrogen (secondary N) is 1. The quantitative estimate of drug-likeness (QED) is 0.0688. The second-order valence-corrected chi connectivity index (χ2v) is 10.8. The lowest BCUT2D eigenvalue weighted by Crippen LogP contribution is -2.46. The molecule has 0 aliphatic carbocycles. The summed E-state index contributed by atoms with van der Waals surface area (Å²) in [4.78, 5) is 12.3. The Morgan fingerprint density at radius 3 is 1.74 bits per heavy atom. The summed E-state index contributed by atoms with van der Waals surface area (Å²) in [7, 11) is -4.36. The summed E-state index contributed by atoms with van der Waals surface area (Å²) in [6, 6.07) is -1.10. The van der Waals surface area contributed by atoms with E-state index < -0.39 is 28.0 Å². The first-order chi connectivity index (χ1) is 18.8. The van der Waals surface area contributed by atoms with Crippen molar-refractivity contribution in [3.8, 4) is 0 Å². The van der Waals surface area contributed by atoms with E-state index in [4.69, 9.17) is 0 Å². The Kier molecular flexibility index (Phi) is 24.1. The second kappa shape index (κ2) is 25.8. The molecular formula is C32H51NO5S. The Morgan fingerprint density at radius 2 is 1.21 bits per heavy atom. The molecule has 39 heavy (non-hydrogen) atoms. The number of rotatable bonds is 23. The topological polar surface area (TPSA) is 104 Å². The average molecular weight is 562 g/mol. The first kappa shape index (κ1) is 36.5. The van der Waals surface area contributed by atoms with Crippen LogP contribution in [0.3, 0.4) is 0 Å². The van der Waals surface area contributed by atoms with E-state index in [1.165, 1.54) is 6.08 Å². The van der Waals surface area contributed by atoms with Gasteiger partial charge in [0.15, 0.2) is 0 Å². The molecule has 0 saturated carbocycles. The van der Waals surface area contributed by atoms with Crippen LogP contribution in [0.4, 0.5) is 0 Å². The van der Waals surface area contributed by atoms with Crippen LogP contribution in [0.15, 0.2) is 85.1 Å². The van der Waals surface area contributed by atoms with E-state index in [1.54, 1.807) is 6.08 Å². The third kappa shape index (κ3) is 26.9. The van der Waals surface area contributed by atoms with Crippen LogP contribution in [0.5, 0.6) is 0 Å². The number of amides is 1. The summed E-state index contributed by atoms with van der Waals surface area (Å²) in [6.07, 6.45) is 37.4. The normalized spacial score (nSPS) is 14.9. The molecule has 0 bridgehead atoms. The fourth-order valence-electron chi connectivity index (χ4n) is 3.45. The zero-order chi connectivity index (χ0) is 29.0. The molecule has 0 radical (unpaired) electrons. The summed E-state index contributed by atoms with van der Waals surface area (Å²) in [6.45, 7) is 4.24. The lowest BCUT2D eigenvalue weighted by atomic mass is 10.1. The highest BCUT2D eigenvalue weighted by Gasteiger charge is 2.24. The number of unbranched alkanes of at least 4 members (excludes halogenated alkanes) is 3. The maximum Gasteiger partial charge on any atom is 0.267 e. The lowest BCUT2D eigenvalue weighted by molar-refractivity contribution is -0.122. The first-order valence-electron chi connectivity index (χ1n) is 14.3. The number of carbonyl (C=O) groups is 1. The van der Waals surface area contributed by atoms with Gasteiger partial charge in [-0.15, -0.1) is 0 Å². The molecule has 1 amide bonds. The molecule has 220 valence electrons. The van der Waals surface area contributed by atoms with Gasteiger partial charge in [-0.05, 0) is 64.2 Å². The summed E-state index contributed by atoms with van der Waals surface area (Å²) in [5, 5.41) is 12.9. The highest BCUT2D eigenvalue weighted by Crippen LogP contribution is 2.06. The lowest BCUT2D eigenvalue weighted by Gasteiger charge is -2.21. The van der Waals surface area contributed by atoms with Crippen molar-refractivity contribution in [1.82, 2.24) is 5.32 Å². The first-order valence-corrected chi connectivity index (χ1v) is 15.9. The standard InChI is InChI=1S/C32H51NO5S/c1-3-5-7-9-11-12-13-14-15-16-17-18-19-20-22-24-26-28-32(35)33-30(29-39(36,37)38)31(34)27-25-23-21-10-8-6-4-2/h5,7-8,10-12,14-15,17-18,20,22,25,27,30-31,34H,3-4,6,9,13,16,19,21,23-24,26,28-29H2,1-2H3,(H,33,35)(H,36,37,38)/b7-5-,10-8+,12-11-,15-14-,18-17-,22-20-,27-25+. The maximum absolute atomic E-state index is 12.3. The third-order valence-electron chi connectivity index (χ3n) is 5.54. The van der Waals surface area contributed by atoms with E-state index in [2.05, 4.69) is 86.0 Å². The molecule has 0 saturated heterocycles. The molecule has 0 rings (SSSR count). The van der Waals surface area contributed by atoms with Crippen molar-refractivity contribution in [1.29, 1.82) is 0 Å². The van der Waals surface area contributed by atoms with Crippen LogP contribution in [0.25, 0.3) is 0 Å². The molecule has 7 heteroatoms. The number of carbonyl (C=O) groups excluding carboxylic acids is 1. The summed E-state index contributed by atoms with van der Waals surface area (Å²) in [5.41, 5.74) is 0. The van der Waals surface area contributed by atoms with E-state index in [9.17, 15) is 22.9 Å². The Labute approximate surface area is 237 Å². The average Bonchev–Trinajstić information content (AvgIpc) is 2.88. The molecule has 0 fully saturated rings. The van der Waals surface area contributed by atoms with Gasteiger partial charge < -0.3 is 10.4 Å². The molecule has 0 aromatic heterocycles. The zero-order valence-electron chi connectivity index (χ0n) is 24.0. The Hall–Kier alpha value is -2.48. The minimum absolute atomic E-state index is 0.203. The van der Waals surface area contributed by atoms with Gasteiger partial charge in [-0.25, -0.2) is 0 Å². The zero-order valence-corrected chi connectivity index (χ0v) is 24.8. The number of hydrogen-bond acceptors (Lipinski definition) is 4. The predicted molar refractivity (Wildman–Crippen MR) is 165 cm³/mol. The second-order valence-electron chi connectivity index (χ2n) is 9.28. The van der Waals surface area contributed by atoms with Crippen molar-refractivity contribution in [2.45, 2.75) is 103 Å². The van der Waals surface area contributed by atoms with Crippen LogP contribution in [-0.4, -0.2) is 41.9 Å². The van der Waals surface area contributed by atoms with E-state index in [0.717, 1.165) is 57.8 Å². The van der Waals surface area contributed by atoms with Crippen molar-refractivity contribution in [3.63, 3.8) is 0 Å². The summed E-state index contributed by atoms with van der Waals surface area (Å²) in [5.74, 6) is -1.10. The van der Waals surface area contributed by atoms with E-state index >= 15 is 0 Å². The van der Waals surface area contributed by atoms with E-state index in [0.29, 0.717) is 12.8 Å². The van der Waals surface area contributed by atoms with Gasteiger partial charge in [0.2, 0.25) is 5.91 Å². The highest BCUT2D eigenvalue weighted by atomic mass is 32.2. The Bertz CT molecular complexity index is 926. The molecule has 2 atom stereocenters. The van der Waals surface area contributed by atoms with Gasteiger partial charge in [0.05, 0.1) is 17.9 Å². The SMILES string of the molecule is CC/C=C\C/C=C\C/C=C\C/C=C\C/C=C\CCCC(=O)NC(CS(=O)(=O)O)C(O)/C=C/CC/C=C/CCC. The number of aliphatic hydroxyl groups excluding tert-OH is 1. The molecule has 3 N–H and O–H groups in total. The Balaban J connectivity index is 4.24. The van der Waals surface area contributed by atoms with Crippen LogP contribution < -0.4 is 5.32 Å². The molecule has 0 spiro atoms. The number of hydrogen-bond donors (Lipinski definition) is 3. The van der Waals surface area contributed by atoms with Gasteiger partial charge in [0.25, 0.3) is 10.1 Å². The minimum atomic E-state index is -4.36. The monoisotopic (exact) mass is 561 g/mol. The van der Waals surface area contributed by atoms with E-state index in [-0.39, 0.29) is 12.3 Å². The maximum atomic E-state index is 12.3. The minimum Gasteiger partial charge on any atom is -0.387 e. The molecule has 0 heterocycles.